The Labute approximate surface area is 183 Å². The fraction of sp³-hybridized carbons (Fsp3) is 0.682. The van der Waals surface area contributed by atoms with Crippen molar-refractivity contribution in [3.05, 3.63) is 23.5 Å². The van der Waals surface area contributed by atoms with Crippen LogP contribution in [0.4, 0.5) is 0 Å². The Morgan fingerprint density at radius 2 is 2.00 bits per heavy atom. The van der Waals surface area contributed by atoms with Gasteiger partial charge in [-0.15, -0.1) is 0 Å². The lowest BCUT2D eigenvalue weighted by molar-refractivity contribution is -0.132. The van der Waals surface area contributed by atoms with Gasteiger partial charge in [0.15, 0.2) is 0 Å². The van der Waals surface area contributed by atoms with Crippen LogP contribution in [-0.4, -0.2) is 57.9 Å². The normalized spacial score (nSPS) is 31.0. The molecule has 3 aliphatic rings. The van der Waals surface area contributed by atoms with Crippen molar-refractivity contribution in [1.29, 1.82) is 0 Å². The highest BCUT2D eigenvalue weighted by Crippen LogP contribution is 2.37. The molecule has 1 aliphatic carbocycles. The molecule has 3 heterocycles. The summed E-state index contributed by atoms with van der Waals surface area (Å²) in [5, 5.41) is 3.20. The molecule has 1 unspecified atom stereocenters. The second-order valence-corrected chi connectivity index (χ2v) is 11.5. The molecule has 1 aromatic rings. The number of methoxy groups -OCH3 is 1. The van der Waals surface area contributed by atoms with Crippen LogP contribution in [0.15, 0.2) is 16.8 Å². The molecule has 3 fully saturated rings. The quantitative estimate of drug-likeness (QED) is 0.757. The number of hydrogen-bond acceptors (Lipinski definition) is 6. The molecule has 170 valence electrons. The van der Waals surface area contributed by atoms with Gasteiger partial charge in [0.05, 0.1) is 34.2 Å². The average molecular weight is 450 g/mol. The summed E-state index contributed by atoms with van der Waals surface area (Å²) in [5.41, 5.74) is 0.570. The maximum Gasteiger partial charge on any atom is 0.287 e. The lowest BCUT2D eigenvalue weighted by atomic mass is 9.83. The molecule has 4 rings (SSSR count). The predicted molar refractivity (Wildman–Crippen MR) is 117 cm³/mol. The minimum atomic E-state index is -2.66. The van der Waals surface area contributed by atoms with E-state index >= 15 is 0 Å². The van der Waals surface area contributed by atoms with Gasteiger partial charge in [-0.05, 0) is 45.4 Å². The van der Waals surface area contributed by atoms with Gasteiger partial charge in [-0.25, -0.2) is 4.21 Å². The summed E-state index contributed by atoms with van der Waals surface area (Å²) in [5.74, 6) is 0.958. The van der Waals surface area contributed by atoms with E-state index in [1.54, 1.807) is 6.92 Å². The Hall–Kier alpha value is -2.00. The van der Waals surface area contributed by atoms with E-state index in [1.807, 2.05) is 0 Å². The standard InChI is InChI=1S/C22H31N3O5S/c1-15-18(13-23-14-19(15)29-2)21(27)25-31(28)10-7-22(8-11-31)12-17(6-9-30-22)24-20(26)16-4-3-5-16/h13-14,16-17H,3-12H2,1-2H3,(H,24,26). The zero-order valence-corrected chi connectivity index (χ0v) is 19.0. The van der Waals surface area contributed by atoms with Gasteiger partial charge >= 0.3 is 0 Å². The highest BCUT2D eigenvalue weighted by Gasteiger charge is 2.42. The van der Waals surface area contributed by atoms with Crippen LogP contribution in [0, 0.1) is 12.8 Å². The largest absolute Gasteiger partial charge is 0.495 e. The summed E-state index contributed by atoms with van der Waals surface area (Å²) in [7, 11) is -1.14. The van der Waals surface area contributed by atoms with E-state index < -0.39 is 15.6 Å². The third kappa shape index (κ3) is 4.77. The highest BCUT2D eigenvalue weighted by molar-refractivity contribution is 7.93. The molecule has 1 aromatic heterocycles. The van der Waals surface area contributed by atoms with Crippen molar-refractivity contribution in [1.82, 2.24) is 10.3 Å². The predicted octanol–water partition coefficient (Wildman–Crippen LogP) is 2.63. The van der Waals surface area contributed by atoms with Crippen LogP contribution in [0.2, 0.25) is 0 Å². The summed E-state index contributed by atoms with van der Waals surface area (Å²) in [4.78, 5) is 29.1. The zero-order valence-electron chi connectivity index (χ0n) is 18.2. The first-order valence-electron chi connectivity index (χ1n) is 11.0. The summed E-state index contributed by atoms with van der Waals surface area (Å²) >= 11 is 0. The van der Waals surface area contributed by atoms with E-state index in [9.17, 15) is 13.8 Å². The molecule has 8 nitrogen and oxygen atoms in total. The molecule has 31 heavy (non-hydrogen) atoms. The summed E-state index contributed by atoms with van der Waals surface area (Å²) in [6, 6.07) is 0.0973. The van der Waals surface area contributed by atoms with Crippen molar-refractivity contribution < 1.29 is 23.3 Å². The van der Waals surface area contributed by atoms with Gasteiger partial charge in [0.25, 0.3) is 5.91 Å². The van der Waals surface area contributed by atoms with Gasteiger partial charge in [0, 0.05) is 41.8 Å². The van der Waals surface area contributed by atoms with Crippen LogP contribution in [0.3, 0.4) is 0 Å². The van der Waals surface area contributed by atoms with Gasteiger partial charge in [-0.1, -0.05) is 6.42 Å². The van der Waals surface area contributed by atoms with Crippen LogP contribution in [-0.2, 0) is 19.3 Å². The first-order valence-corrected chi connectivity index (χ1v) is 12.9. The lowest BCUT2D eigenvalue weighted by Gasteiger charge is -2.44. The first kappa shape index (κ1) is 22.2. The van der Waals surface area contributed by atoms with Crippen LogP contribution >= 0.6 is 0 Å². The Morgan fingerprint density at radius 3 is 2.65 bits per heavy atom. The summed E-state index contributed by atoms with van der Waals surface area (Å²) in [6.45, 7) is 2.35. The average Bonchev–Trinajstić information content (AvgIpc) is 2.70. The summed E-state index contributed by atoms with van der Waals surface area (Å²) in [6.07, 6.45) is 8.78. The van der Waals surface area contributed by atoms with Gasteiger partial charge in [-0.2, -0.15) is 4.36 Å². The van der Waals surface area contributed by atoms with Crippen LogP contribution in [0.5, 0.6) is 5.75 Å². The van der Waals surface area contributed by atoms with Gasteiger partial charge in [0.1, 0.15) is 5.75 Å². The molecule has 1 N–H and O–H groups in total. The molecule has 0 radical (unpaired) electrons. The number of pyridine rings is 1. The molecular weight excluding hydrogens is 418 g/mol. The number of aromatic nitrogens is 1. The Balaban J connectivity index is 1.41. The van der Waals surface area contributed by atoms with Crippen molar-refractivity contribution in [3.8, 4) is 5.75 Å². The van der Waals surface area contributed by atoms with Gasteiger partial charge in [-0.3, -0.25) is 14.6 Å². The van der Waals surface area contributed by atoms with E-state index in [4.69, 9.17) is 9.47 Å². The van der Waals surface area contributed by atoms with Crippen molar-refractivity contribution in [2.45, 2.75) is 63.5 Å². The van der Waals surface area contributed by atoms with Gasteiger partial charge < -0.3 is 14.8 Å². The van der Waals surface area contributed by atoms with Crippen molar-refractivity contribution in [3.63, 3.8) is 0 Å². The van der Waals surface area contributed by atoms with Crippen molar-refractivity contribution in [2.75, 3.05) is 25.2 Å². The number of carbonyl (C=O) groups is 2. The molecule has 1 atom stereocenters. The van der Waals surface area contributed by atoms with Crippen LogP contribution < -0.4 is 10.1 Å². The minimum Gasteiger partial charge on any atom is -0.495 e. The maximum atomic E-state index is 13.3. The highest BCUT2D eigenvalue weighted by atomic mass is 32.2. The second-order valence-electron chi connectivity index (χ2n) is 8.95. The molecule has 1 spiro atoms. The monoisotopic (exact) mass is 449 g/mol. The van der Waals surface area contributed by atoms with E-state index in [0.29, 0.717) is 47.8 Å². The SMILES string of the molecule is COc1cncc(C(=O)N=S2(=O)CCC3(CC2)CC(NC(=O)C2CCC2)CCO3)c1C. The first-order chi connectivity index (χ1) is 14.8. The number of ether oxygens (including phenoxy) is 2. The molecular formula is C22H31N3O5S. The van der Waals surface area contributed by atoms with Crippen LogP contribution in [0.1, 0.15) is 60.9 Å². The Morgan fingerprint density at radius 1 is 1.26 bits per heavy atom. The molecule has 2 saturated heterocycles. The zero-order chi connectivity index (χ0) is 22.1. The summed E-state index contributed by atoms with van der Waals surface area (Å²) < 4.78 is 28.8. The molecule has 0 bridgehead atoms. The Bertz CT molecular complexity index is 967. The van der Waals surface area contributed by atoms with Crippen molar-refractivity contribution in [2.24, 2.45) is 10.3 Å². The Kier molecular flexibility index (Phi) is 6.35. The van der Waals surface area contributed by atoms with E-state index in [-0.39, 0.29) is 23.5 Å². The van der Waals surface area contributed by atoms with Gasteiger partial charge in [0.2, 0.25) is 5.91 Å². The molecule has 2 aliphatic heterocycles. The number of rotatable bonds is 4. The molecule has 9 heteroatoms. The fourth-order valence-electron chi connectivity index (χ4n) is 4.63. The fourth-order valence-corrected chi connectivity index (χ4v) is 6.79. The number of hydrogen-bond donors (Lipinski definition) is 1. The number of carbonyl (C=O) groups excluding carboxylic acids is 2. The van der Waals surface area contributed by atoms with E-state index in [2.05, 4.69) is 14.7 Å². The third-order valence-corrected chi connectivity index (χ3v) is 9.12. The van der Waals surface area contributed by atoms with E-state index in [1.165, 1.54) is 19.5 Å². The minimum absolute atomic E-state index is 0.0973. The molecule has 0 aromatic carbocycles. The van der Waals surface area contributed by atoms with Crippen LogP contribution in [0.25, 0.3) is 0 Å². The lowest BCUT2D eigenvalue weighted by Crippen LogP contribution is -2.53. The number of amides is 2. The topological polar surface area (TPSA) is 107 Å². The maximum absolute atomic E-state index is 13.3. The third-order valence-electron chi connectivity index (χ3n) is 6.94. The van der Waals surface area contributed by atoms with E-state index in [0.717, 1.165) is 32.1 Å². The smallest absolute Gasteiger partial charge is 0.287 e. The van der Waals surface area contributed by atoms with Crippen molar-refractivity contribution >= 4 is 21.5 Å². The second kappa shape index (κ2) is 8.86. The molecule has 2 amide bonds. The molecule has 1 saturated carbocycles. The number of nitrogens with zero attached hydrogens (tertiary/aromatic N) is 2. The number of nitrogens with one attached hydrogen (secondary N) is 1.